The zero-order chi connectivity index (χ0) is 15.3. The predicted molar refractivity (Wildman–Crippen MR) is 86.0 cm³/mol. The van der Waals surface area contributed by atoms with Crippen molar-refractivity contribution in [3.63, 3.8) is 0 Å². The third-order valence-electron chi connectivity index (χ3n) is 2.75. The van der Waals surface area contributed by atoms with Gasteiger partial charge in [0.15, 0.2) is 0 Å². The van der Waals surface area contributed by atoms with Crippen LogP contribution in [0.2, 0.25) is 0 Å². The number of nitrogens with zero attached hydrogens (tertiary/aromatic N) is 2. The fourth-order valence-corrected chi connectivity index (χ4v) is 2.01. The van der Waals surface area contributed by atoms with Crippen molar-refractivity contribution < 1.29 is 4.79 Å². The number of nitrogens with two attached hydrogens (primary N) is 1. The largest absolute Gasteiger partial charge is 0.389 e. The van der Waals surface area contributed by atoms with E-state index in [1.807, 2.05) is 44.7 Å². The van der Waals surface area contributed by atoms with E-state index in [9.17, 15) is 4.79 Å². The highest BCUT2D eigenvalue weighted by Crippen LogP contribution is 2.18. The van der Waals surface area contributed by atoms with Gasteiger partial charge >= 0.3 is 0 Å². The van der Waals surface area contributed by atoms with E-state index in [-0.39, 0.29) is 23.5 Å². The van der Waals surface area contributed by atoms with Gasteiger partial charge in [0.05, 0.1) is 12.1 Å². The lowest BCUT2D eigenvalue weighted by Crippen LogP contribution is -2.41. The third kappa shape index (κ3) is 4.45. The van der Waals surface area contributed by atoms with Crippen LogP contribution in [0.25, 0.3) is 0 Å². The Morgan fingerprint density at radius 1 is 1.50 bits per heavy atom. The van der Waals surface area contributed by atoms with Gasteiger partial charge in [0.2, 0.25) is 5.91 Å². The van der Waals surface area contributed by atoms with Crippen molar-refractivity contribution in [2.24, 2.45) is 5.73 Å². The molecule has 6 heteroatoms. The molecular weight excluding hydrogens is 272 g/mol. The number of nitrogens with one attached hydrogen (secondary N) is 1. The maximum atomic E-state index is 11.9. The Morgan fingerprint density at radius 2 is 2.15 bits per heavy atom. The summed E-state index contributed by atoms with van der Waals surface area (Å²) in [7, 11) is 0. The van der Waals surface area contributed by atoms with Crippen LogP contribution in [0.15, 0.2) is 12.1 Å². The minimum Gasteiger partial charge on any atom is -0.389 e. The molecule has 1 aromatic rings. The van der Waals surface area contributed by atoms with Crippen LogP contribution in [-0.4, -0.2) is 35.0 Å². The number of amides is 1. The summed E-state index contributed by atoms with van der Waals surface area (Å²) in [6, 6.07) is 3.82. The normalized spacial score (nSPS) is 10.4. The molecule has 0 unspecified atom stereocenters. The molecule has 0 fully saturated rings. The number of aryl methyl sites for hydroxylation is 1. The highest BCUT2D eigenvalue weighted by molar-refractivity contribution is 7.80. The molecule has 0 saturated heterocycles. The first-order valence-corrected chi connectivity index (χ1v) is 7.07. The van der Waals surface area contributed by atoms with E-state index in [0.717, 1.165) is 5.69 Å². The average Bonchev–Trinajstić information content (AvgIpc) is 2.34. The first-order chi connectivity index (χ1) is 9.35. The van der Waals surface area contributed by atoms with Crippen LogP contribution in [0, 0.1) is 6.92 Å². The molecule has 1 heterocycles. The summed E-state index contributed by atoms with van der Waals surface area (Å²) in [6.45, 7) is 8.61. The molecule has 1 amide bonds. The lowest BCUT2D eigenvalue weighted by molar-refractivity contribution is -0.120. The van der Waals surface area contributed by atoms with Gasteiger partial charge < -0.3 is 16.0 Å². The second kappa shape index (κ2) is 7.19. The molecule has 3 N–H and O–H groups in total. The number of anilines is 1. The van der Waals surface area contributed by atoms with Crippen LogP contribution in [0.5, 0.6) is 0 Å². The number of rotatable bonds is 6. The first kappa shape index (κ1) is 16.4. The lowest BCUT2D eigenvalue weighted by Gasteiger charge is -2.24. The number of hydrogen-bond donors (Lipinski definition) is 2. The molecule has 5 nitrogen and oxygen atoms in total. The quantitative estimate of drug-likeness (QED) is 0.776. The van der Waals surface area contributed by atoms with Gasteiger partial charge in [0.25, 0.3) is 0 Å². The minimum atomic E-state index is -0.0426. The Morgan fingerprint density at radius 3 is 2.65 bits per heavy atom. The Hall–Kier alpha value is -1.69. The number of thiocarbonyl (C=S) groups is 1. The standard InChI is InChI=1S/C14H22N4OS/c1-5-18(8-12(19)16-9(2)3)14-11(13(15)20)7-6-10(4)17-14/h6-7,9H,5,8H2,1-4H3,(H2,15,20)(H,16,19). The van der Waals surface area contributed by atoms with Crippen molar-refractivity contribution in [3.05, 3.63) is 23.4 Å². The third-order valence-corrected chi connectivity index (χ3v) is 2.97. The minimum absolute atomic E-state index is 0.0426. The predicted octanol–water partition coefficient (Wildman–Crippen LogP) is 1.38. The molecule has 0 aliphatic heterocycles. The second-order valence-electron chi connectivity index (χ2n) is 4.92. The van der Waals surface area contributed by atoms with E-state index in [2.05, 4.69) is 10.3 Å². The van der Waals surface area contributed by atoms with E-state index in [4.69, 9.17) is 18.0 Å². The number of hydrogen-bond acceptors (Lipinski definition) is 4. The van der Waals surface area contributed by atoms with E-state index >= 15 is 0 Å². The Kier molecular flexibility index (Phi) is 5.88. The molecule has 1 rings (SSSR count). The van der Waals surface area contributed by atoms with Crippen molar-refractivity contribution in [3.8, 4) is 0 Å². The van der Waals surface area contributed by atoms with Crippen LogP contribution in [0.4, 0.5) is 5.82 Å². The average molecular weight is 294 g/mol. The van der Waals surface area contributed by atoms with Gasteiger partial charge in [-0.3, -0.25) is 4.79 Å². The Balaban J connectivity index is 3.02. The molecule has 0 aromatic carbocycles. The van der Waals surface area contributed by atoms with Crippen molar-refractivity contribution >= 4 is 28.9 Å². The van der Waals surface area contributed by atoms with Crippen LogP contribution in [0.1, 0.15) is 32.0 Å². The SMILES string of the molecule is CCN(CC(=O)NC(C)C)c1nc(C)ccc1C(N)=S. The number of pyridine rings is 1. The number of likely N-dealkylation sites (N-methyl/N-ethyl adjacent to an activating group) is 1. The topological polar surface area (TPSA) is 71.2 Å². The van der Waals surface area contributed by atoms with Crippen molar-refractivity contribution in [1.82, 2.24) is 10.3 Å². The summed E-state index contributed by atoms with van der Waals surface area (Å²) in [6.07, 6.45) is 0. The molecule has 0 spiro atoms. The van der Waals surface area contributed by atoms with Gasteiger partial charge in [-0.25, -0.2) is 4.98 Å². The molecule has 0 atom stereocenters. The molecule has 1 aromatic heterocycles. The smallest absolute Gasteiger partial charge is 0.239 e. The van der Waals surface area contributed by atoms with E-state index in [1.165, 1.54) is 0 Å². The molecule has 0 aliphatic carbocycles. The first-order valence-electron chi connectivity index (χ1n) is 6.66. The molecule has 0 bridgehead atoms. The molecule has 0 saturated carbocycles. The zero-order valence-corrected chi connectivity index (χ0v) is 13.3. The fraction of sp³-hybridized carbons (Fsp3) is 0.500. The maximum absolute atomic E-state index is 11.9. The summed E-state index contributed by atoms with van der Waals surface area (Å²) >= 11 is 5.05. The molecule has 20 heavy (non-hydrogen) atoms. The summed E-state index contributed by atoms with van der Waals surface area (Å²) in [5.41, 5.74) is 7.30. The van der Waals surface area contributed by atoms with Crippen LogP contribution in [-0.2, 0) is 4.79 Å². The van der Waals surface area contributed by atoms with E-state index in [1.54, 1.807) is 0 Å². The lowest BCUT2D eigenvalue weighted by atomic mass is 10.2. The Bertz CT molecular complexity index is 502. The molecular formula is C14H22N4OS. The van der Waals surface area contributed by atoms with Crippen LogP contribution >= 0.6 is 12.2 Å². The number of aromatic nitrogens is 1. The Labute approximate surface area is 125 Å². The van der Waals surface area contributed by atoms with Gasteiger partial charge in [0, 0.05) is 18.3 Å². The van der Waals surface area contributed by atoms with Crippen molar-refractivity contribution in [2.45, 2.75) is 33.7 Å². The second-order valence-corrected chi connectivity index (χ2v) is 5.36. The van der Waals surface area contributed by atoms with E-state index < -0.39 is 0 Å². The molecule has 0 aliphatic rings. The van der Waals surface area contributed by atoms with Crippen molar-refractivity contribution in [2.75, 3.05) is 18.0 Å². The summed E-state index contributed by atoms with van der Waals surface area (Å²) in [5, 5.41) is 2.87. The van der Waals surface area contributed by atoms with Crippen molar-refractivity contribution in [1.29, 1.82) is 0 Å². The van der Waals surface area contributed by atoms with Gasteiger partial charge in [-0.15, -0.1) is 0 Å². The van der Waals surface area contributed by atoms with Crippen LogP contribution < -0.4 is 16.0 Å². The molecule has 0 radical (unpaired) electrons. The number of carbonyl (C=O) groups excluding carboxylic acids is 1. The number of carbonyl (C=O) groups is 1. The summed E-state index contributed by atoms with van der Waals surface area (Å²) in [4.78, 5) is 18.6. The fourth-order valence-electron chi connectivity index (χ4n) is 1.85. The highest BCUT2D eigenvalue weighted by atomic mass is 32.1. The highest BCUT2D eigenvalue weighted by Gasteiger charge is 2.17. The summed E-state index contributed by atoms with van der Waals surface area (Å²) < 4.78 is 0. The van der Waals surface area contributed by atoms with Crippen LogP contribution in [0.3, 0.4) is 0 Å². The van der Waals surface area contributed by atoms with Gasteiger partial charge in [-0.2, -0.15) is 0 Å². The zero-order valence-electron chi connectivity index (χ0n) is 12.4. The van der Waals surface area contributed by atoms with Gasteiger partial charge in [-0.1, -0.05) is 12.2 Å². The molecule has 110 valence electrons. The van der Waals surface area contributed by atoms with Gasteiger partial charge in [0.1, 0.15) is 10.8 Å². The van der Waals surface area contributed by atoms with E-state index in [0.29, 0.717) is 17.9 Å². The maximum Gasteiger partial charge on any atom is 0.239 e. The van der Waals surface area contributed by atoms with Gasteiger partial charge in [-0.05, 0) is 39.8 Å². The summed E-state index contributed by atoms with van der Waals surface area (Å²) in [5.74, 6) is 0.623. The monoisotopic (exact) mass is 294 g/mol.